The van der Waals surface area contributed by atoms with E-state index in [1.807, 2.05) is 53.6 Å². The van der Waals surface area contributed by atoms with Crippen LogP contribution >= 0.6 is 0 Å². The molecular formula is C43H55N7O5. The first-order valence-electron chi connectivity index (χ1n) is 19.2. The lowest BCUT2D eigenvalue weighted by atomic mass is 9.91. The minimum absolute atomic E-state index is 0.0899. The number of benzene rings is 2. The summed E-state index contributed by atoms with van der Waals surface area (Å²) in [5, 5.41) is 9.87. The van der Waals surface area contributed by atoms with E-state index in [9.17, 15) is 9.59 Å². The van der Waals surface area contributed by atoms with E-state index in [2.05, 4.69) is 65.7 Å². The monoisotopic (exact) mass is 749 g/mol. The number of anilines is 2. The van der Waals surface area contributed by atoms with Crippen LogP contribution in [-0.2, 0) is 26.1 Å². The second-order valence-electron chi connectivity index (χ2n) is 15.2. The van der Waals surface area contributed by atoms with Gasteiger partial charge >= 0.3 is 0 Å². The number of carbonyl (C=O) groups is 2. The van der Waals surface area contributed by atoms with Crippen molar-refractivity contribution in [2.24, 2.45) is 0 Å². The Morgan fingerprint density at radius 3 is 2.60 bits per heavy atom. The van der Waals surface area contributed by atoms with E-state index >= 15 is 0 Å². The summed E-state index contributed by atoms with van der Waals surface area (Å²) < 4.78 is 17.5. The Labute approximate surface area is 325 Å². The smallest absolute Gasteiger partial charge is 0.255 e. The van der Waals surface area contributed by atoms with Crippen LogP contribution in [0.3, 0.4) is 0 Å². The van der Waals surface area contributed by atoms with Gasteiger partial charge in [-0.05, 0) is 66.9 Å². The summed E-state index contributed by atoms with van der Waals surface area (Å²) in [5.41, 5.74) is 6.08. The van der Waals surface area contributed by atoms with E-state index in [0.29, 0.717) is 69.8 Å². The first-order chi connectivity index (χ1) is 26.6. The first-order valence-corrected chi connectivity index (χ1v) is 19.2. The van der Waals surface area contributed by atoms with Crippen LogP contribution < -0.4 is 25.6 Å². The van der Waals surface area contributed by atoms with E-state index < -0.39 is 0 Å². The van der Waals surface area contributed by atoms with Crippen molar-refractivity contribution < 1.29 is 23.8 Å². The number of pyridine rings is 2. The molecule has 4 aromatic rings. The Morgan fingerprint density at radius 1 is 1.04 bits per heavy atom. The quantitative estimate of drug-likeness (QED) is 0.127. The summed E-state index contributed by atoms with van der Waals surface area (Å²) in [5.74, 6) is 0.739. The van der Waals surface area contributed by atoms with Crippen LogP contribution in [0.4, 0.5) is 11.4 Å². The van der Waals surface area contributed by atoms with E-state index in [0.717, 1.165) is 46.9 Å². The van der Waals surface area contributed by atoms with E-state index in [1.165, 1.54) is 0 Å². The number of para-hydroxylation sites is 1. The van der Waals surface area contributed by atoms with Crippen LogP contribution in [0.5, 0.6) is 5.75 Å². The van der Waals surface area contributed by atoms with Gasteiger partial charge in [-0.25, -0.2) is 0 Å². The molecular weight excluding hydrogens is 695 g/mol. The summed E-state index contributed by atoms with van der Waals surface area (Å²) in [6, 6.07) is 21.9. The van der Waals surface area contributed by atoms with Crippen molar-refractivity contribution in [3.8, 4) is 5.75 Å². The van der Waals surface area contributed by atoms with Crippen molar-refractivity contribution in [2.75, 3.05) is 76.5 Å². The first kappa shape index (κ1) is 40.0. The number of nitrogens with zero attached hydrogens (tertiary/aromatic N) is 4. The molecule has 0 radical (unpaired) electrons. The molecule has 1 saturated heterocycles. The highest BCUT2D eigenvalue weighted by atomic mass is 16.5. The minimum Gasteiger partial charge on any atom is -0.491 e. The third kappa shape index (κ3) is 10.5. The third-order valence-electron chi connectivity index (χ3n) is 10.3. The average Bonchev–Trinajstić information content (AvgIpc) is 3.46. The molecule has 6 rings (SSSR count). The van der Waals surface area contributed by atoms with Gasteiger partial charge in [0.1, 0.15) is 12.4 Å². The molecule has 2 aromatic heterocycles. The Balaban J connectivity index is 0.963. The Hall–Kier alpha value is -4.72. The number of hydrogen-bond acceptors (Lipinski definition) is 10. The summed E-state index contributed by atoms with van der Waals surface area (Å²) in [6.07, 6.45) is 5.85. The van der Waals surface area contributed by atoms with Crippen molar-refractivity contribution in [3.05, 3.63) is 113 Å². The van der Waals surface area contributed by atoms with Crippen LogP contribution in [0.15, 0.2) is 85.3 Å². The normalized spacial score (nSPS) is 18.5. The van der Waals surface area contributed by atoms with Crippen molar-refractivity contribution in [2.45, 2.75) is 57.7 Å². The molecule has 1 fully saturated rings. The number of amides is 2. The molecule has 0 bridgehead atoms. The molecule has 2 aliphatic heterocycles. The second-order valence-corrected chi connectivity index (χ2v) is 15.2. The number of nitrogens with one attached hydrogen (secondary N) is 3. The zero-order valence-electron chi connectivity index (χ0n) is 32.7. The van der Waals surface area contributed by atoms with Gasteiger partial charge in [0.05, 0.1) is 37.7 Å². The van der Waals surface area contributed by atoms with Gasteiger partial charge < -0.3 is 35.1 Å². The summed E-state index contributed by atoms with van der Waals surface area (Å²) >= 11 is 0. The zero-order valence-corrected chi connectivity index (χ0v) is 32.7. The highest BCUT2D eigenvalue weighted by molar-refractivity contribution is 6.04. The molecule has 3 N–H and O–H groups in total. The van der Waals surface area contributed by atoms with Crippen molar-refractivity contribution >= 4 is 23.2 Å². The fraction of sp³-hybridized carbons (Fsp3) is 0.442. The second kappa shape index (κ2) is 18.7. The fourth-order valence-corrected chi connectivity index (χ4v) is 7.29. The number of piperazine rings is 1. The third-order valence-corrected chi connectivity index (χ3v) is 10.3. The standard InChI is InChI=1S/C43H55N7O5/c1-30-26-49(37(25-46-30)28-53-5)27-40(51)50-29-43(3,4)41-38(50)23-32(24-47-41)22-35-8-6-7-9-39(35)55-21-20-54-19-18-45-31(2)33-10-12-34(13-11-33)42(52)48-36-14-16-44-17-15-36/h6-17,23-24,30-31,37,45-46H,18-22,25-29H2,1-5H3,(H,44,48,52)/t30-,31-,37-/m1/s1. The maximum Gasteiger partial charge on any atom is 0.255 e. The Bertz CT molecular complexity index is 1870. The van der Waals surface area contributed by atoms with Crippen molar-refractivity contribution in [1.29, 1.82) is 0 Å². The van der Waals surface area contributed by atoms with Gasteiger partial charge in [0.2, 0.25) is 5.91 Å². The van der Waals surface area contributed by atoms with E-state index in [1.54, 1.807) is 31.6 Å². The predicted molar refractivity (Wildman–Crippen MR) is 215 cm³/mol. The molecule has 4 heterocycles. The highest BCUT2D eigenvalue weighted by Crippen LogP contribution is 2.40. The van der Waals surface area contributed by atoms with Crippen LogP contribution in [0.25, 0.3) is 0 Å². The zero-order chi connectivity index (χ0) is 38.8. The predicted octanol–water partition coefficient (Wildman–Crippen LogP) is 5.00. The van der Waals surface area contributed by atoms with Gasteiger partial charge in [0.25, 0.3) is 5.91 Å². The van der Waals surface area contributed by atoms with Crippen molar-refractivity contribution in [1.82, 2.24) is 25.5 Å². The van der Waals surface area contributed by atoms with Gasteiger partial charge in [-0.15, -0.1) is 0 Å². The minimum atomic E-state index is -0.243. The number of hydrogen-bond donors (Lipinski definition) is 3. The maximum absolute atomic E-state index is 13.9. The Kier molecular flexibility index (Phi) is 13.6. The lowest BCUT2D eigenvalue weighted by molar-refractivity contribution is -0.121. The number of methoxy groups -OCH3 is 1. The molecule has 55 heavy (non-hydrogen) atoms. The number of carbonyl (C=O) groups excluding carboxylic acids is 2. The summed E-state index contributed by atoms with van der Waals surface area (Å²) in [4.78, 5) is 39.5. The largest absolute Gasteiger partial charge is 0.491 e. The summed E-state index contributed by atoms with van der Waals surface area (Å²) in [6.45, 7) is 13.8. The molecule has 0 aliphatic carbocycles. The number of rotatable bonds is 17. The number of aromatic nitrogens is 2. The Morgan fingerprint density at radius 2 is 1.82 bits per heavy atom. The van der Waals surface area contributed by atoms with Gasteiger partial charge in [-0.2, -0.15) is 0 Å². The van der Waals surface area contributed by atoms with Gasteiger partial charge in [-0.1, -0.05) is 44.2 Å². The molecule has 0 saturated carbocycles. The van der Waals surface area contributed by atoms with Gasteiger partial charge in [-0.3, -0.25) is 24.5 Å². The number of ether oxygens (including phenoxy) is 3. The van der Waals surface area contributed by atoms with Crippen LogP contribution in [0.2, 0.25) is 0 Å². The molecule has 2 amide bonds. The molecule has 0 unspecified atom stereocenters. The molecule has 2 aromatic carbocycles. The molecule has 12 nitrogen and oxygen atoms in total. The van der Waals surface area contributed by atoms with E-state index in [4.69, 9.17) is 19.2 Å². The van der Waals surface area contributed by atoms with Crippen LogP contribution in [0.1, 0.15) is 66.5 Å². The lowest BCUT2D eigenvalue weighted by Gasteiger charge is -2.39. The molecule has 2 aliphatic rings. The topological polar surface area (TPSA) is 130 Å². The summed E-state index contributed by atoms with van der Waals surface area (Å²) in [7, 11) is 1.71. The SMILES string of the molecule is COC[C@H]1CN[C@H](C)CN1CC(=O)N1CC(C)(C)c2ncc(Cc3ccccc3OCCOCCN[C@H](C)c3ccc(C(=O)Nc4ccncc4)cc3)cc21. The molecule has 292 valence electrons. The number of fused-ring (bicyclic) bond motifs is 1. The average molecular weight is 750 g/mol. The fourth-order valence-electron chi connectivity index (χ4n) is 7.29. The van der Waals surface area contributed by atoms with Crippen LogP contribution in [-0.4, -0.2) is 105 Å². The van der Waals surface area contributed by atoms with Crippen LogP contribution in [0, 0.1) is 0 Å². The van der Waals surface area contributed by atoms with Crippen molar-refractivity contribution in [3.63, 3.8) is 0 Å². The highest BCUT2D eigenvalue weighted by Gasteiger charge is 2.40. The van der Waals surface area contributed by atoms with Gasteiger partial charge in [0.15, 0.2) is 0 Å². The van der Waals surface area contributed by atoms with Gasteiger partial charge in [0, 0.05) is 93.1 Å². The molecule has 12 heteroatoms. The van der Waals surface area contributed by atoms with E-state index in [-0.39, 0.29) is 29.3 Å². The molecule has 0 spiro atoms. The lowest BCUT2D eigenvalue weighted by Crippen LogP contribution is -2.59. The molecule has 3 atom stereocenters. The maximum atomic E-state index is 13.9.